The van der Waals surface area contributed by atoms with Gasteiger partial charge in [0.25, 0.3) is 0 Å². The molecule has 96 valence electrons. The minimum atomic E-state index is 0.550. The molecule has 0 bridgehead atoms. The summed E-state index contributed by atoms with van der Waals surface area (Å²) in [5, 5.41) is 0. The normalized spacial score (nSPS) is 10.6. The molecule has 0 fully saturated rings. The Morgan fingerprint density at radius 2 is 2.11 bits per heavy atom. The number of rotatable bonds is 5. The van der Waals surface area contributed by atoms with Gasteiger partial charge >= 0.3 is 0 Å². The maximum absolute atomic E-state index is 5.87. The average Bonchev–Trinajstić information content (AvgIpc) is 2.90. The van der Waals surface area contributed by atoms with Gasteiger partial charge in [-0.15, -0.1) is 11.8 Å². The molecule has 0 unspecified atom stereocenters. The van der Waals surface area contributed by atoms with Gasteiger partial charge in [0.1, 0.15) is 5.76 Å². The Balaban J connectivity index is 2.26. The van der Waals surface area contributed by atoms with Crippen molar-refractivity contribution in [3.05, 3.63) is 47.9 Å². The molecule has 0 radical (unpaired) electrons. The van der Waals surface area contributed by atoms with Crippen molar-refractivity contribution in [1.82, 2.24) is 0 Å². The average molecular weight is 262 g/mol. The Morgan fingerprint density at radius 1 is 1.28 bits per heavy atom. The minimum absolute atomic E-state index is 0.550. The second-order valence-corrected chi connectivity index (χ2v) is 4.95. The Morgan fingerprint density at radius 3 is 2.72 bits per heavy atom. The van der Waals surface area contributed by atoms with Crippen molar-refractivity contribution in [3.8, 4) is 0 Å². The highest BCUT2D eigenvalue weighted by Gasteiger charge is 2.11. The van der Waals surface area contributed by atoms with Crippen LogP contribution in [0, 0.1) is 0 Å². The molecule has 0 spiro atoms. The monoisotopic (exact) mass is 262 g/mol. The standard InChI is InChI=1S/C14H18N2OS/c1-16(10-11-5-4-8-17-11)13-6-3-7-14(18-2)12(13)9-15/h3-8H,9-10,15H2,1-2H3. The SMILES string of the molecule is CSc1cccc(N(C)Cc2ccco2)c1CN. The predicted molar refractivity (Wildman–Crippen MR) is 76.9 cm³/mol. The maximum atomic E-state index is 5.87. The molecule has 1 aromatic heterocycles. The number of anilines is 1. The first kappa shape index (κ1) is 13.1. The van der Waals surface area contributed by atoms with Crippen LogP contribution < -0.4 is 10.6 Å². The van der Waals surface area contributed by atoms with E-state index in [1.54, 1.807) is 18.0 Å². The Labute approximate surface area is 112 Å². The van der Waals surface area contributed by atoms with E-state index < -0.39 is 0 Å². The molecule has 4 heteroatoms. The second kappa shape index (κ2) is 5.98. The van der Waals surface area contributed by atoms with Gasteiger partial charge in [-0.3, -0.25) is 0 Å². The van der Waals surface area contributed by atoms with Gasteiger partial charge in [0.15, 0.2) is 0 Å². The van der Waals surface area contributed by atoms with Gasteiger partial charge in [-0.2, -0.15) is 0 Å². The fourth-order valence-corrected chi connectivity index (χ4v) is 2.68. The van der Waals surface area contributed by atoms with Crippen LogP contribution in [0.25, 0.3) is 0 Å². The lowest BCUT2D eigenvalue weighted by Gasteiger charge is -2.22. The van der Waals surface area contributed by atoms with Crippen molar-refractivity contribution in [1.29, 1.82) is 0 Å². The van der Waals surface area contributed by atoms with Crippen LogP contribution in [0.1, 0.15) is 11.3 Å². The number of thioether (sulfide) groups is 1. The lowest BCUT2D eigenvalue weighted by molar-refractivity contribution is 0.507. The van der Waals surface area contributed by atoms with E-state index in [1.807, 2.05) is 12.1 Å². The first-order valence-corrected chi connectivity index (χ1v) is 7.08. The summed E-state index contributed by atoms with van der Waals surface area (Å²) in [4.78, 5) is 3.40. The zero-order chi connectivity index (χ0) is 13.0. The summed E-state index contributed by atoms with van der Waals surface area (Å²) in [5.74, 6) is 0.954. The van der Waals surface area contributed by atoms with Crippen LogP contribution in [0.2, 0.25) is 0 Å². The number of benzene rings is 1. The minimum Gasteiger partial charge on any atom is -0.467 e. The van der Waals surface area contributed by atoms with Gasteiger partial charge < -0.3 is 15.1 Å². The summed E-state index contributed by atoms with van der Waals surface area (Å²) in [7, 11) is 2.06. The van der Waals surface area contributed by atoms with E-state index in [0.717, 1.165) is 12.3 Å². The second-order valence-electron chi connectivity index (χ2n) is 4.10. The largest absolute Gasteiger partial charge is 0.467 e. The Hall–Kier alpha value is -1.39. The Kier molecular flexibility index (Phi) is 4.33. The highest BCUT2D eigenvalue weighted by atomic mass is 32.2. The lowest BCUT2D eigenvalue weighted by Crippen LogP contribution is -2.19. The molecule has 3 nitrogen and oxygen atoms in total. The van der Waals surface area contributed by atoms with Gasteiger partial charge in [0.2, 0.25) is 0 Å². The van der Waals surface area contributed by atoms with Crippen molar-refractivity contribution in [2.45, 2.75) is 18.0 Å². The van der Waals surface area contributed by atoms with Gasteiger partial charge in [-0.05, 0) is 30.5 Å². The summed E-state index contributed by atoms with van der Waals surface area (Å²) in [6.45, 7) is 1.30. The van der Waals surface area contributed by atoms with E-state index in [-0.39, 0.29) is 0 Å². The van der Waals surface area contributed by atoms with Crippen molar-refractivity contribution >= 4 is 17.4 Å². The number of furan rings is 1. The molecule has 1 heterocycles. The summed E-state index contributed by atoms with van der Waals surface area (Å²) >= 11 is 1.73. The fraction of sp³-hybridized carbons (Fsp3) is 0.286. The van der Waals surface area contributed by atoms with E-state index in [2.05, 4.69) is 36.4 Å². The fourth-order valence-electron chi connectivity index (χ4n) is 2.03. The first-order valence-electron chi connectivity index (χ1n) is 5.85. The van der Waals surface area contributed by atoms with Crippen molar-refractivity contribution in [3.63, 3.8) is 0 Å². The summed E-state index contributed by atoms with van der Waals surface area (Å²) in [6, 6.07) is 10.2. The molecular weight excluding hydrogens is 244 g/mol. The Bertz CT molecular complexity index is 497. The van der Waals surface area contributed by atoms with Gasteiger partial charge in [0, 0.05) is 29.7 Å². The van der Waals surface area contributed by atoms with Crippen molar-refractivity contribution < 1.29 is 4.42 Å². The third-order valence-corrected chi connectivity index (χ3v) is 3.74. The summed E-state index contributed by atoms with van der Waals surface area (Å²) in [5.41, 5.74) is 8.24. The smallest absolute Gasteiger partial charge is 0.123 e. The molecule has 0 aliphatic rings. The molecule has 2 N–H and O–H groups in total. The molecule has 0 aliphatic carbocycles. The van der Waals surface area contributed by atoms with Crippen LogP contribution in [0.5, 0.6) is 0 Å². The molecular formula is C14H18N2OS. The van der Waals surface area contributed by atoms with Crippen LogP contribution >= 0.6 is 11.8 Å². The highest BCUT2D eigenvalue weighted by Crippen LogP contribution is 2.29. The molecule has 1 aromatic carbocycles. The van der Waals surface area contributed by atoms with E-state index in [4.69, 9.17) is 10.2 Å². The molecule has 0 saturated carbocycles. The zero-order valence-electron chi connectivity index (χ0n) is 10.7. The molecule has 0 aliphatic heterocycles. The van der Waals surface area contributed by atoms with Crippen molar-refractivity contribution in [2.24, 2.45) is 5.73 Å². The van der Waals surface area contributed by atoms with Crippen LogP contribution in [-0.4, -0.2) is 13.3 Å². The van der Waals surface area contributed by atoms with Crippen LogP contribution in [0.4, 0.5) is 5.69 Å². The zero-order valence-corrected chi connectivity index (χ0v) is 11.5. The molecule has 0 amide bonds. The number of nitrogens with two attached hydrogens (primary N) is 1. The quantitative estimate of drug-likeness (QED) is 0.841. The van der Waals surface area contributed by atoms with E-state index in [9.17, 15) is 0 Å². The van der Waals surface area contributed by atoms with E-state index >= 15 is 0 Å². The topological polar surface area (TPSA) is 42.4 Å². The lowest BCUT2D eigenvalue weighted by atomic mass is 10.1. The van der Waals surface area contributed by atoms with Gasteiger partial charge in [0.05, 0.1) is 12.8 Å². The molecule has 2 rings (SSSR count). The van der Waals surface area contributed by atoms with Gasteiger partial charge in [-0.25, -0.2) is 0 Å². The summed E-state index contributed by atoms with van der Waals surface area (Å²) in [6.07, 6.45) is 3.77. The van der Waals surface area contributed by atoms with Crippen molar-refractivity contribution in [2.75, 3.05) is 18.2 Å². The predicted octanol–water partition coefficient (Wildman–Crippen LogP) is 3.10. The molecule has 2 aromatic rings. The van der Waals surface area contributed by atoms with E-state index in [1.165, 1.54) is 16.1 Å². The molecule has 0 atom stereocenters. The summed E-state index contributed by atoms with van der Waals surface area (Å²) < 4.78 is 5.38. The highest BCUT2D eigenvalue weighted by molar-refractivity contribution is 7.98. The van der Waals surface area contributed by atoms with E-state index in [0.29, 0.717) is 6.54 Å². The van der Waals surface area contributed by atoms with Crippen LogP contribution in [0.3, 0.4) is 0 Å². The van der Waals surface area contributed by atoms with Gasteiger partial charge in [-0.1, -0.05) is 6.07 Å². The number of hydrogen-bond donors (Lipinski definition) is 1. The third kappa shape index (κ3) is 2.71. The molecule has 0 saturated heterocycles. The van der Waals surface area contributed by atoms with Crippen LogP contribution in [0.15, 0.2) is 45.9 Å². The first-order chi connectivity index (χ1) is 8.76. The molecule has 18 heavy (non-hydrogen) atoms. The maximum Gasteiger partial charge on any atom is 0.123 e. The van der Waals surface area contributed by atoms with Crippen LogP contribution in [-0.2, 0) is 13.1 Å². The number of nitrogens with zero attached hydrogens (tertiary/aromatic N) is 1. The third-order valence-electron chi connectivity index (χ3n) is 2.92. The number of hydrogen-bond acceptors (Lipinski definition) is 4.